The van der Waals surface area contributed by atoms with E-state index in [4.69, 9.17) is 21.1 Å². The number of carbonyl (C=O) groups is 1. The van der Waals surface area contributed by atoms with Crippen LogP contribution in [0.15, 0.2) is 72.9 Å². The molecule has 2 N–H and O–H groups in total. The molecule has 1 amide bonds. The lowest BCUT2D eigenvalue weighted by molar-refractivity contribution is 0.0636. The smallest absolute Gasteiger partial charge is 0.412 e. The molecule has 200 valence electrons. The molecule has 0 spiro atoms. The number of anilines is 1. The van der Waals surface area contributed by atoms with Crippen LogP contribution in [0, 0.1) is 5.82 Å². The predicted molar refractivity (Wildman–Crippen MR) is 150 cm³/mol. The normalized spacial score (nSPS) is 11.6. The Balaban J connectivity index is 1.26. The van der Waals surface area contributed by atoms with E-state index >= 15 is 0 Å². The van der Waals surface area contributed by atoms with Crippen molar-refractivity contribution in [2.45, 2.75) is 46.1 Å². The van der Waals surface area contributed by atoms with E-state index in [9.17, 15) is 9.18 Å². The Morgan fingerprint density at radius 2 is 1.82 bits per heavy atom. The number of benzene rings is 3. The minimum Gasteiger partial charge on any atom is -0.444 e. The van der Waals surface area contributed by atoms with Crippen LogP contribution in [0.1, 0.15) is 37.5 Å². The molecule has 8 heteroatoms. The maximum Gasteiger partial charge on any atom is 0.412 e. The fraction of sp³-hybridized carbons (Fsp3) is 0.300. The fourth-order valence-electron chi connectivity index (χ4n) is 4.12. The van der Waals surface area contributed by atoms with Gasteiger partial charge in [-0.25, -0.2) is 9.18 Å². The summed E-state index contributed by atoms with van der Waals surface area (Å²) in [4.78, 5) is 12.0. The van der Waals surface area contributed by atoms with Gasteiger partial charge in [0.25, 0.3) is 0 Å². The summed E-state index contributed by atoms with van der Waals surface area (Å²) in [6.45, 7) is 8.13. The van der Waals surface area contributed by atoms with Gasteiger partial charge in [0.2, 0.25) is 0 Å². The van der Waals surface area contributed by atoms with E-state index in [0.717, 1.165) is 27.6 Å². The number of nitrogens with zero attached hydrogens (tertiary/aromatic N) is 1. The van der Waals surface area contributed by atoms with Crippen molar-refractivity contribution < 1.29 is 18.7 Å². The highest BCUT2D eigenvalue weighted by Crippen LogP contribution is 2.24. The molecule has 0 bridgehead atoms. The minimum absolute atomic E-state index is 0.263. The maximum atomic E-state index is 14.4. The topological polar surface area (TPSA) is 64.5 Å². The van der Waals surface area contributed by atoms with Crippen LogP contribution in [0.3, 0.4) is 0 Å². The summed E-state index contributed by atoms with van der Waals surface area (Å²) in [5, 5.41) is 7.79. The van der Waals surface area contributed by atoms with Crippen LogP contribution in [0.4, 0.5) is 14.9 Å². The Labute approximate surface area is 227 Å². The molecular weight excluding hydrogens is 505 g/mol. The molecule has 0 fully saturated rings. The van der Waals surface area contributed by atoms with Crippen molar-refractivity contribution in [1.82, 2.24) is 9.88 Å². The van der Waals surface area contributed by atoms with E-state index in [1.807, 2.05) is 80.1 Å². The third kappa shape index (κ3) is 8.05. The monoisotopic (exact) mass is 537 g/mol. The van der Waals surface area contributed by atoms with Crippen molar-refractivity contribution in [2.75, 3.05) is 18.5 Å². The SMILES string of the molecule is CC(C)(C)OC(=O)Nc1cccc(COCCNCc2cc(F)cc3c2ccn3Cc2ccc(Cl)cc2)c1. The second-order valence-corrected chi connectivity index (χ2v) is 10.6. The number of hydrogen-bond acceptors (Lipinski definition) is 4. The third-order valence-electron chi connectivity index (χ3n) is 5.79. The molecule has 4 aromatic rings. The van der Waals surface area contributed by atoms with E-state index in [-0.39, 0.29) is 5.82 Å². The average molecular weight is 538 g/mol. The number of ether oxygens (including phenoxy) is 2. The standard InChI is InChI=1S/C30H33ClFN3O3/c1-30(2,3)38-29(36)34-26-6-4-5-22(15-26)20-37-14-12-33-18-23-16-25(32)17-28-27(23)11-13-35(28)19-21-7-9-24(31)10-8-21/h4-11,13,15-17,33H,12,14,18-20H2,1-3H3,(H,34,36). The molecule has 0 unspecified atom stereocenters. The maximum absolute atomic E-state index is 14.4. The summed E-state index contributed by atoms with van der Waals surface area (Å²) >= 11 is 5.99. The van der Waals surface area contributed by atoms with E-state index in [0.29, 0.717) is 43.6 Å². The minimum atomic E-state index is -0.559. The molecule has 1 heterocycles. The zero-order chi connectivity index (χ0) is 27.1. The van der Waals surface area contributed by atoms with Crippen LogP contribution in [0.25, 0.3) is 10.9 Å². The van der Waals surface area contributed by atoms with Gasteiger partial charge in [0.05, 0.1) is 18.7 Å². The molecule has 0 atom stereocenters. The molecule has 0 aliphatic carbocycles. The first-order valence-electron chi connectivity index (χ1n) is 12.6. The summed E-state index contributed by atoms with van der Waals surface area (Å²) in [6.07, 6.45) is 1.49. The number of rotatable bonds is 10. The highest BCUT2D eigenvalue weighted by Gasteiger charge is 2.16. The van der Waals surface area contributed by atoms with Crippen LogP contribution in [-0.4, -0.2) is 29.4 Å². The number of nitrogens with one attached hydrogen (secondary N) is 2. The van der Waals surface area contributed by atoms with E-state index in [2.05, 4.69) is 10.6 Å². The molecule has 38 heavy (non-hydrogen) atoms. The van der Waals surface area contributed by atoms with Gasteiger partial charge in [0.1, 0.15) is 11.4 Å². The number of amides is 1. The first-order valence-corrected chi connectivity index (χ1v) is 12.9. The number of carbonyl (C=O) groups excluding carboxylic acids is 1. The summed E-state index contributed by atoms with van der Waals surface area (Å²) < 4.78 is 27.6. The molecule has 0 aliphatic rings. The van der Waals surface area contributed by atoms with Crippen LogP contribution < -0.4 is 10.6 Å². The molecule has 0 radical (unpaired) electrons. The first kappa shape index (κ1) is 27.6. The highest BCUT2D eigenvalue weighted by atomic mass is 35.5. The molecule has 0 saturated heterocycles. The number of aromatic nitrogens is 1. The van der Waals surface area contributed by atoms with Gasteiger partial charge in [-0.3, -0.25) is 5.32 Å². The van der Waals surface area contributed by atoms with Crippen LogP contribution >= 0.6 is 11.6 Å². The van der Waals surface area contributed by atoms with E-state index in [1.165, 1.54) is 0 Å². The Bertz CT molecular complexity index is 1380. The largest absolute Gasteiger partial charge is 0.444 e. The third-order valence-corrected chi connectivity index (χ3v) is 6.04. The summed E-state index contributed by atoms with van der Waals surface area (Å²) in [6, 6.07) is 20.3. The second kappa shape index (κ2) is 12.4. The first-order chi connectivity index (χ1) is 18.2. The summed E-state index contributed by atoms with van der Waals surface area (Å²) in [5.41, 5.74) is 3.88. The van der Waals surface area contributed by atoms with Crippen LogP contribution in [0.2, 0.25) is 5.02 Å². The predicted octanol–water partition coefficient (Wildman–Crippen LogP) is 7.14. The Kier molecular flexibility index (Phi) is 9.05. The van der Waals surface area contributed by atoms with Crippen molar-refractivity contribution in [3.63, 3.8) is 0 Å². The van der Waals surface area contributed by atoms with E-state index in [1.54, 1.807) is 18.2 Å². The lowest BCUT2D eigenvalue weighted by Crippen LogP contribution is -2.27. The van der Waals surface area contributed by atoms with Crippen molar-refractivity contribution in [1.29, 1.82) is 0 Å². The zero-order valence-corrected chi connectivity index (χ0v) is 22.6. The second-order valence-electron chi connectivity index (χ2n) is 10.1. The van der Waals surface area contributed by atoms with Gasteiger partial charge < -0.3 is 19.4 Å². The number of hydrogen-bond donors (Lipinski definition) is 2. The highest BCUT2D eigenvalue weighted by molar-refractivity contribution is 6.30. The fourth-order valence-corrected chi connectivity index (χ4v) is 4.25. The van der Waals surface area contributed by atoms with Crippen molar-refractivity contribution >= 4 is 34.3 Å². The van der Waals surface area contributed by atoms with Gasteiger partial charge in [-0.2, -0.15) is 0 Å². The number of halogens is 2. The molecule has 0 aliphatic heterocycles. The van der Waals surface area contributed by atoms with Gasteiger partial charge in [-0.15, -0.1) is 0 Å². The van der Waals surface area contributed by atoms with Crippen molar-refractivity contribution in [3.05, 3.63) is 100 Å². The molecule has 0 saturated carbocycles. The molecule has 6 nitrogen and oxygen atoms in total. The van der Waals surface area contributed by atoms with Crippen LogP contribution in [-0.2, 0) is 29.2 Å². The van der Waals surface area contributed by atoms with Crippen molar-refractivity contribution in [3.8, 4) is 0 Å². The summed E-state index contributed by atoms with van der Waals surface area (Å²) in [7, 11) is 0. The Morgan fingerprint density at radius 1 is 1.03 bits per heavy atom. The molecule has 1 aromatic heterocycles. The van der Waals surface area contributed by atoms with Gasteiger partial charge in [0, 0.05) is 41.9 Å². The van der Waals surface area contributed by atoms with Crippen LogP contribution in [0.5, 0.6) is 0 Å². The van der Waals surface area contributed by atoms with Gasteiger partial charge in [-0.05, 0) is 79.9 Å². The number of fused-ring (bicyclic) bond motifs is 1. The Morgan fingerprint density at radius 3 is 2.58 bits per heavy atom. The molecule has 4 rings (SSSR count). The van der Waals surface area contributed by atoms with Gasteiger partial charge >= 0.3 is 6.09 Å². The van der Waals surface area contributed by atoms with Gasteiger partial charge in [-0.1, -0.05) is 35.9 Å². The Hall–Kier alpha value is -3.39. The molecule has 3 aromatic carbocycles. The van der Waals surface area contributed by atoms with E-state index < -0.39 is 11.7 Å². The van der Waals surface area contributed by atoms with Gasteiger partial charge in [0.15, 0.2) is 0 Å². The van der Waals surface area contributed by atoms with Crippen molar-refractivity contribution in [2.24, 2.45) is 0 Å². The quantitative estimate of drug-likeness (QED) is 0.211. The zero-order valence-electron chi connectivity index (χ0n) is 21.9. The lowest BCUT2D eigenvalue weighted by Gasteiger charge is -2.19. The molecular formula is C30H33ClFN3O3. The average Bonchev–Trinajstić information content (AvgIpc) is 3.24. The lowest BCUT2D eigenvalue weighted by atomic mass is 10.1. The summed E-state index contributed by atoms with van der Waals surface area (Å²) in [5.74, 6) is -0.263.